The van der Waals surface area contributed by atoms with Crippen LogP contribution in [0.1, 0.15) is 15.9 Å². The fourth-order valence-corrected chi connectivity index (χ4v) is 2.63. The molecule has 8 heteroatoms. The second-order valence-corrected chi connectivity index (χ2v) is 5.50. The summed E-state index contributed by atoms with van der Waals surface area (Å²) < 4.78 is 39.5. The molecule has 0 spiro atoms. The van der Waals surface area contributed by atoms with Crippen LogP contribution in [-0.2, 0) is 6.18 Å². The third kappa shape index (κ3) is 2.92. The van der Waals surface area contributed by atoms with Gasteiger partial charge in [-0.05, 0) is 41.9 Å². The number of nitrogens with one attached hydrogen (secondary N) is 1. The molecule has 1 aromatic heterocycles. The van der Waals surface area contributed by atoms with E-state index in [0.717, 1.165) is 6.07 Å². The summed E-state index contributed by atoms with van der Waals surface area (Å²) in [4.78, 5) is 18.0. The van der Waals surface area contributed by atoms with E-state index >= 15 is 0 Å². The average molecular weight is 359 g/mol. The second-order valence-electron chi connectivity index (χ2n) is 4.75. The van der Waals surface area contributed by atoms with Gasteiger partial charge in [-0.3, -0.25) is 4.79 Å². The summed E-state index contributed by atoms with van der Waals surface area (Å²) in [6, 6.07) is 7.87. The van der Waals surface area contributed by atoms with Gasteiger partial charge in [0.15, 0.2) is 0 Å². The van der Waals surface area contributed by atoms with Crippen LogP contribution in [-0.4, -0.2) is 15.2 Å². The molecule has 0 aliphatic heterocycles. The number of nitrogens with zero attached hydrogens (tertiary/aromatic N) is 1. The first-order valence-corrected chi connectivity index (χ1v) is 7.08. The molecular weight excluding hydrogens is 352 g/mol. The van der Waals surface area contributed by atoms with E-state index < -0.39 is 17.0 Å². The van der Waals surface area contributed by atoms with E-state index in [-0.39, 0.29) is 22.0 Å². The normalized spacial score (nSPS) is 11.9. The summed E-state index contributed by atoms with van der Waals surface area (Å²) in [6.07, 6.45) is -4.57. The van der Waals surface area contributed by atoms with E-state index in [0.29, 0.717) is 11.0 Å². The Balaban J connectivity index is 2.23. The predicted molar refractivity (Wildman–Crippen MR) is 81.7 cm³/mol. The van der Waals surface area contributed by atoms with Crippen LogP contribution in [0.4, 0.5) is 13.2 Å². The van der Waals surface area contributed by atoms with Crippen molar-refractivity contribution in [3.8, 4) is 11.4 Å². The zero-order valence-electron chi connectivity index (χ0n) is 11.2. The quantitative estimate of drug-likeness (QED) is 0.633. The maximum absolute atomic E-state index is 13.2. The minimum Gasteiger partial charge on any atom is -0.338 e. The molecule has 0 saturated carbocycles. The molecule has 0 bridgehead atoms. The van der Waals surface area contributed by atoms with Crippen LogP contribution in [0.15, 0.2) is 36.4 Å². The van der Waals surface area contributed by atoms with E-state index in [1.165, 1.54) is 30.3 Å². The average Bonchev–Trinajstić information content (AvgIpc) is 2.88. The molecule has 0 saturated heterocycles. The van der Waals surface area contributed by atoms with Gasteiger partial charge < -0.3 is 4.98 Å². The van der Waals surface area contributed by atoms with E-state index in [2.05, 4.69) is 9.97 Å². The molecule has 1 heterocycles. The molecule has 23 heavy (non-hydrogen) atoms. The summed E-state index contributed by atoms with van der Waals surface area (Å²) in [5, 5.41) is -0.746. The van der Waals surface area contributed by atoms with Crippen molar-refractivity contribution in [2.24, 2.45) is 0 Å². The number of alkyl halides is 3. The van der Waals surface area contributed by atoms with Crippen molar-refractivity contribution in [3.63, 3.8) is 0 Å². The van der Waals surface area contributed by atoms with E-state index in [4.69, 9.17) is 23.2 Å². The van der Waals surface area contributed by atoms with Crippen LogP contribution >= 0.6 is 23.2 Å². The lowest BCUT2D eigenvalue weighted by molar-refractivity contribution is -0.137. The van der Waals surface area contributed by atoms with Gasteiger partial charge in [-0.25, -0.2) is 4.98 Å². The van der Waals surface area contributed by atoms with Crippen molar-refractivity contribution < 1.29 is 18.0 Å². The zero-order chi connectivity index (χ0) is 16.8. The number of aromatic amines is 1. The Morgan fingerprint density at radius 2 is 1.91 bits per heavy atom. The van der Waals surface area contributed by atoms with Crippen LogP contribution in [0.3, 0.4) is 0 Å². The van der Waals surface area contributed by atoms with Gasteiger partial charge in [0.05, 0.1) is 21.6 Å². The highest BCUT2D eigenvalue weighted by Crippen LogP contribution is 2.40. The van der Waals surface area contributed by atoms with Crippen LogP contribution in [0.2, 0.25) is 5.02 Å². The summed E-state index contributed by atoms with van der Waals surface area (Å²) >= 11 is 11.3. The predicted octanol–water partition coefficient (Wildman–Crippen LogP) is 5.28. The largest absolute Gasteiger partial charge is 0.417 e. The first-order valence-electron chi connectivity index (χ1n) is 6.33. The highest BCUT2D eigenvalue weighted by molar-refractivity contribution is 6.67. The fourth-order valence-electron chi connectivity index (χ4n) is 2.25. The molecule has 0 atom stereocenters. The molecule has 0 radical (unpaired) electrons. The highest BCUT2D eigenvalue weighted by atomic mass is 35.5. The van der Waals surface area contributed by atoms with Gasteiger partial charge >= 0.3 is 6.18 Å². The van der Waals surface area contributed by atoms with Crippen molar-refractivity contribution in [1.29, 1.82) is 0 Å². The molecule has 1 N–H and O–H groups in total. The standard InChI is InChI=1S/C15H7Cl2F3N2O/c16-9-3-1-2-8(15(18,19)20)12(9)14-21-10-5-4-7(13(17)23)6-11(10)22-14/h1-6H,(H,21,22). The second kappa shape index (κ2) is 5.54. The summed E-state index contributed by atoms with van der Waals surface area (Å²) in [7, 11) is 0. The lowest BCUT2D eigenvalue weighted by atomic mass is 10.1. The summed E-state index contributed by atoms with van der Waals surface area (Å²) in [6.45, 7) is 0. The number of benzene rings is 2. The fraction of sp³-hybridized carbons (Fsp3) is 0.0667. The van der Waals surface area contributed by atoms with E-state index in [1.54, 1.807) is 0 Å². The molecule has 3 aromatic rings. The van der Waals surface area contributed by atoms with E-state index in [1.807, 2.05) is 0 Å². The molecule has 0 fully saturated rings. The smallest absolute Gasteiger partial charge is 0.338 e. The van der Waals surface area contributed by atoms with E-state index in [9.17, 15) is 18.0 Å². The van der Waals surface area contributed by atoms with Gasteiger partial charge in [-0.2, -0.15) is 13.2 Å². The Labute approximate surface area is 138 Å². The van der Waals surface area contributed by atoms with Crippen molar-refractivity contribution in [3.05, 3.63) is 52.5 Å². The van der Waals surface area contributed by atoms with Gasteiger partial charge in [-0.1, -0.05) is 17.7 Å². The SMILES string of the molecule is O=C(Cl)c1ccc2nc(-c3c(Cl)cccc3C(F)(F)F)[nH]c2c1. The van der Waals surface area contributed by atoms with Gasteiger partial charge in [0, 0.05) is 11.1 Å². The monoisotopic (exact) mass is 358 g/mol. The van der Waals surface area contributed by atoms with Crippen molar-refractivity contribution in [1.82, 2.24) is 9.97 Å². The number of hydrogen-bond acceptors (Lipinski definition) is 2. The first kappa shape index (κ1) is 15.8. The van der Waals surface area contributed by atoms with Crippen molar-refractivity contribution >= 4 is 39.5 Å². The molecule has 3 rings (SSSR count). The topological polar surface area (TPSA) is 45.8 Å². The molecule has 0 aliphatic carbocycles. The van der Waals surface area contributed by atoms with Crippen LogP contribution in [0, 0.1) is 0 Å². The van der Waals surface area contributed by atoms with Crippen LogP contribution in [0.5, 0.6) is 0 Å². The number of carbonyl (C=O) groups excluding carboxylic acids is 1. The summed E-state index contributed by atoms with van der Waals surface area (Å²) in [5.74, 6) is -0.0305. The Bertz CT molecular complexity index is 919. The Hall–Kier alpha value is -2.05. The molecule has 0 unspecified atom stereocenters. The highest BCUT2D eigenvalue weighted by Gasteiger charge is 2.35. The third-order valence-corrected chi connectivity index (χ3v) is 3.80. The number of rotatable bonds is 2. The molecule has 118 valence electrons. The number of aromatic nitrogens is 2. The van der Waals surface area contributed by atoms with Crippen LogP contribution in [0.25, 0.3) is 22.4 Å². The maximum Gasteiger partial charge on any atom is 0.417 e. The Kier molecular flexibility index (Phi) is 3.82. The maximum atomic E-state index is 13.2. The lowest BCUT2D eigenvalue weighted by Crippen LogP contribution is -2.07. The van der Waals surface area contributed by atoms with Gasteiger partial charge in [0.2, 0.25) is 0 Å². The zero-order valence-corrected chi connectivity index (χ0v) is 12.7. The molecule has 2 aromatic carbocycles. The first-order chi connectivity index (χ1) is 10.8. The molecule has 3 nitrogen and oxygen atoms in total. The van der Waals surface area contributed by atoms with Gasteiger partial charge in [-0.15, -0.1) is 0 Å². The number of halogens is 5. The molecule has 0 aliphatic rings. The number of imidazole rings is 1. The number of carbonyl (C=O) groups is 1. The number of H-pyrrole nitrogens is 1. The van der Waals surface area contributed by atoms with Gasteiger partial charge in [0.1, 0.15) is 5.82 Å². The minimum absolute atomic E-state index is 0.0305. The van der Waals surface area contributed by atoms with Crippen molar-refractivity contribution in [2.45, 2.75) is 6.18 Å². The van der Waals surface area contributed by atoms with Crippen LogP contribution < -0.4 is 0 Å². The number of hydrogen-bond donors (Lipinski definition) is 1. The molecular formula is C15H7Cl2F3N2O. The Morgan fingerprint density at radius 1 is 1.17 bits per heavy atom. The summed E-state index contributed by atoms with van der Waals surface area (Å²) in [5.41, 5.74) is -0.131. The minimum atomic E-state index is -4.57. The Morgan fingerprint density at radius 3 is 2.57 bits per heavy atom. The van der Waals surface area contributed by atoms with Crippen molar-refractivity contribution in [2.75, 3.05) is 0 Å². The lowest BCUT2D eigenvalue weighted by Gasteiger charge is -2.12. The number of fused-ring (bicyclic) bond motifs is 1. The third-order valence-electron chi connectivity index (χ3n) is 3.26. The van der Waals surface area contributed by atoms with Gasteiger partial charge in [0.25, 0.3) is 5.24 Å². The molecule has 0 amide bonds.